The summed E-state index contributed by atoms with van der Waals surface area (Å²) in [6, 6.07) is 11.9. The molecule has 7 heteroatoms. The molecule has 144 valence electrons. The highest BCUT2D eigenvalue weighted by Crippen LogP contribution is 2.32. The molecule has 0 atom stereocenters. The lowest BCUT2D eigenvalue weighted by molar-refractivity contribution is -0.117. The van der Waals surface area contributed by atoms with Crippen LogP contribution in [0, 0.1) is 12.8 Å². The molecule has 0 aliphatic heterocycles. The Morgan fingerprint density at radius 2 is 2.04 bits per heavy atom. The monoisotopic (exact) mass is 394 g/mol. The van der Waals surface area contributed by atoms with Gasteiger partial charge in [0.15, 0.2) is 0 Å². The zero-order chi connectivity index (χ0) is 19.5. The van der Waals surface area contributed by atoms with E-state index in [2.05, 4.69) is 21.8 Å². The van der Waals surface area contributed by atoms with Gasteiger partial charge in [-0.05, 0) is 48.6 Å². The van der Waals surface area contributed by atoms with Gasteiger partial charge in [0.25, 0.3) is 5.91 Å². The molecule has 0 spiro atoms. The highest BCUT2D eigenvalue weighted by atomic mass is 32.1. The molecule has 3 aromatic rings. The van der Waals surface area contributed by atoms with E-state index < -0.39 is 0 Å². The molecule has 0 bridgehead atoms. The molecule has 2 N–H and O–H groups in total. The third kappa shape index (κ3) is 4.48. The maximum absolute atomic E-state index is 12.6. The minimum absolute atomic E-state index is 0.0576. The molecule has 6 nitrogen and oxygen atoms in total. The smallest absolute Gasteiger partial charge is 0.261 e. The van der Waals surface area contributed by atoms with Gasteiger partial charge in [-0.3, -0.25) is 14.3 Å². The number of hydrogen-bond donors (Lipinski definition) is 2. The van der Waals surface area contributed by atoms with E-state index in [9.17, 15) is 9.59 Å². The molecule has 28 heavy (non-hydrogen) atoms. The number of aromatic nitrogens is 2. The van der Waals surface area contributed by atoms with Crippen LogP contribution >= 0.6 is 11.3 Å². The van der Waals surface area contributed by atoms with E-state index in [1.165, 1.54) is 11.3 Å². The van der Waals surface area contributed by atoms with Crippen molar-refractivity contribution in [3.8, 4) is 0 Å². The van der Waals surface area contributed by atoms with Crippen molar-refractivity contribution >= 4 is 28.2 Å². The zero-order valence-corrected chi connectivity index (χ0v) is 16.5. The van der Waals surface area contributed by atoms with Gasteiger partial charge >= 0.3 is 0 Å². The average molecular weight is 395 g/mol. The van der Waals surface area contributed by atoms with Gasteiger partial charge in [-0.15, -0.1) is 11.3 Å². The first-order valence-corrected chi connectivity index (χ1v) is 10.1. The van der Waals surface area contributed by atoms with Crippen molar-refractivity contribution in [2.24, 2.45) is 5.92 Å². The second kappa shape index (κ2) is 7.98. The summed E-state index contributed by atoms with van der Waals surface area (Å²) in [4.78, 5) is 25.1. The molecule has 2 aromatic heterocycles. The molecule has 1 aliphatic rings. The van der Waals surface area contributed by atoms with Gasteiger partial charge in [-0.2, -0.15) is 5.10 Å². The van der Waals surface area contributed by atoms with Crippen LogP contribution in [0.1, 0.15) is 39.2 Å². The first-order chi connectivity index (χ1) is 13.6. The van der Waals surface area contributed by atoms with Gasteiger partial charge in [0.05, 0.1) is 16.4 Å². The Kier molecular flexibility index (Phi) is 5.25. The summed E-state index contributed by atoms with van der Waals surface area (Å²) < 4.78 is 1.87. The molecule has 1 aromatic carbocycles. The fourth-order valence-electron chi connectivity index (χ4n) is 3.02. The van der Waals surface area contributed by atoms with E-state index in [0.29, 0.717) is 18.0 Å². The highest BCUT2D eigenvalue weighted by molar-refractivity contribution is 7.18. The van der Waals surface area contributed by atoms with Crippen molar-refractivity contribution < 1.29 is 9.59 Å². The molecule has 2 heterocycles. The summed E-state index contributed by atoms with van der Waals surface area (Å²) in [6.45, 7) is 3.04. The van der Waals surface area contributed by atoms with E-state index >= 15 is 0 Å². The van der Waals surface area contributed by atoms with Crippen LogP contribution in [0.15, 0.2) is 48.8 Å². The molecule has 0 radical (unpaired) electrons. The third-order valence-corrected chi connectivity index (χ3v) is 5.82. The van der Waals surface area contributed by atoms with Crippen molar-refractivity contribution in [2.45, 2.75) is 32.9 Å². The highest BCUT2D eigenvalue weighted by Gasteiger charge is 2.30. The number of carbonyl (C=O) groups is 2. The van der Waals surface area contributed by atoms with Crippen molar-refractivity contribution in [1.82, 2.24) is 15.1 Å². The van der Waals surface area contributed by atoms with E-state index in [1.54, 1.807) is 6.20 Å². The van der Waals surface area contributed by atoms with Gasteiger partial charge < -0.3 is 10.6 Å². The molecule has 1 fully saturated rings. The number of thiophene rings is 1. The summed E-state index contributed by atoms with van der Waals surface area (Å²) in [6.07, 6.45) is 5.61. The number of carbonyl (C=O) groups excluding carboxylic acids is 2. The molecule has 1 saturated carbocycles. The summed E-state index contributed by atoms with van der Waals surface area (Å²) in [5, 5.41) is 10.9. The lowest BCUT2D eigenvalue weighted by Gasteiger charge is -2.07. The number of benzene rings is 1. The van der Waals surface area contributed by atoms with Crippen LogP contribution in [0.25, 0.3) is 0 Å². The Bertz CT molecular complexity index is 990. The van der Waals surface area contributed by atoms with Gasteiger partial charge in [-0.25, -0.2) is 0 Å². The number of aryl methyl sites for hydroxylation is 1. The zero-order valence-electron chi connectivity index (χ0n) is 15.6. The standard InChI is InChI=1S/C21H22N4O2S/c1-14-10-18(24-20(26)17-6-7-17)28-19(14)21(27)22-12-15-4-2-5-16(11-15)13-25-9-3-8-23-25/h2-5,8-11,17H,6-7,12-13H2,1H3,(H,22,27)(H,24,26). The van der Waals surface area contributed by atoms with Crippen LogP contribution in [0.4, 0.5) is 5.00 Å². The first-order valence-electron chi connectivity index (χ1n) is 9.33. The normalized spacial score (nSPS) is 13.3. The Balaban J connectivity index is 1.36. The van der Waals surface area contributed by atoms with Gasteiger partial charge in [0.1, 0.15) is 0 Å². The van der Waals surface area contributed by atoms with Gasteiger partial charge in [0.2, 0.25) is 5.91 Å². The molecule has 2 amide bonds. The van der Waals surface area contributed by atoms with Crippen molar-refractivity contribution in [1.29, 1.82) is 0 Å². The van der Waals surface area contributed by atoms with Gasteiger partial charge in [0, 0.05) is 24.9 Å². The Hall–Kier alpha value is -2.93. The quantitative estimate of drug-likeness (QED) is 0.643. The number of nitrogens with one attached hydrogen (secondary N) is 2. The lowest BCUT2D eigenvalue weighted by atomic mass is 10.1. The lowest BCUT2D eigenvalue weighted by Crippen LogP contribution is -2.22. The molecule has 0 saturated heterocycles. The molecule has 4 rings (SSSR count). The van der Waals surface area contributed by atoms with E-state index in [0.717, 1.165) is 34.5 Å². The second-order valence-electron chi connectivity index (χ2n) is 7.09. The Morgan fingerprint density at radius 3 is 2.79 bits per heavy atom. The van der Waals surface area contributed by atoms with Crippen LogP contribution in [-0.2, 0) is 17.9 Å². The Morgan fingerprint density at radius 1 is 1.21 bits per heavy atom. The molecule has 1 aliphatic carbocycles. The van der Waals surface area contributed by atoms with Gasteiger partial charge in [-0.1, -0.05) is 24.3 Å². The van der Waals surface area contributed by atoms with Crippen molar-refractivity contribution in [3.63, 3.8) is 0 Å². The first kappa shape index (κ1) is 18.4. The average Bonchev–Trinajstić information content (AvgIpc) is 3.30. The molecular formula is C21H22N4O2S. The fourth-order valence-corrected chi connectivity index (χ4v) is 4.01. The maximum atomic E-state index is 12.6. The number of anilines is 1. The number of amides is 2. The topological polar surface area (TPSA) is 76.0 Å². The second-order valence-corrected chi connectivity index (χ2v) is 8.14. The number of nitrogens with zero attached hydrogens (tertiary/aromatic N) is 2. The van der Waals surface area contributed by atoms with Crippen molar-refractivity contribution in [2.75, 3.05) is 5.32 Å². The van der Waals surface area contributed by atoms with Crippen LogP contribution in [-0.4, -0.2) is 21.6 Å². The van der Waals surface area contributed by atoms with Crippen molar-refractivity contribution in [3.05, 3.63) is 70.4 Å². The molecular weight excluding hydrogens is 372 g/mol. The van der Waals surface area contributed by atoms with Crippen LogP contribution in [0.5, 0.6) is 0 Å². The number of rotatable bonds is 7. The van der Waals surface area contributed by atoms with E-state index in [1.807, 2.05) is 48.1 Å². The number of hydrogen-bond acceptors (Lipinski definition) is 4. The fraction of sp³-hybridized carbons (Fsp3) is 0.286. The summed E-state index contributed by atoms with van der Waals surface area (Å²) in [5.41, 5.74) is 3.04. The predicted molar refractivity (Wildman–Crippen MR) is 109 cm³/mol. The third-order valence-electron chi connectivity index (χ3n) is 4.67. The largest absolute Gasteiger partial charge is 0.347 e. The Labute approximate surface area is 167 Å². The van der Waals surface area contributed by atoms with E-state index in [4.69, 9.17) is 0 Å². The molecule has 0 unspecified atom stereocenters. The predicted octanol–water partition coefficient (Wildman–Crippen LogP) is 3.58. The maximum Gasteiger partial charge on any atom is 0.261 e. The minimum atomic E-state index is -0.119. The summed E-state index contributed by atoms with van der Waals surface area (Å²) in [5.74, 6) is 0.0859. The minimum Gasteiger partial charge on any atom is -0.347 e. The van der Waals surface area contributed by atoms with Crippen LogP contribution in [0.2, 0.25) is 0 Å². The van der Waals surface area contributed by atoms with Crippen LogP contribution < -0.4 is 10.6 Å². The van der Waals surface area contributed by atoms with Crippen LogP contribution in [0.3, 0.4) is 0 Å². The summed E-state index contributed by atoms with van der Waals surface area (Å²) >= 11 is 1.33. The SMILES string of the molecule is Cc1cc(NC(=O)C2CC2)sc1C(=O)NCc1cccc(Cn2cccn2)c1. The summed E-state index contributed by atoms with van der Waals surface area (Å²) in [7, 11) is 0. The van der Waals surface area contributed by atoms with E-state index in [-0.39, 0.29) is 17.7 Å².